The monoisotopic (exact) mass is 419 g/mol. The Kier molecular flexibility index (Phi) is 9.14. The first-order chi connectivity index (χ1) is 12.3. The maximum Gasteiger partial charge on any atom is 0.271 e. The van der Waals surface area contributed by atoms with Crippen molar-refractivity contribution >= 4 is 33.8 Å². The molecule has 1 aliphatic carbocycles. The van der Waals surface area contributed by atoms with Gasteiger partial charge in [0.05, 0.1) is 9.82 Å². The molecule has 0 heterocycles. The second-order valence-electron chi connectivity index (χ2n) is 6.64. The van der Waals surface area contributed by atoms with Crippen LogP contribution in [0, 0.1) is 10.1 Å². The summed E-state index contributed by atoms with van der Waals surface area (Å²) in [4.78, 5) is 22.3. The Labute approximate surface area is 165 Å². The zero-order chi connectivity index (χ0) is 19.2. The maximum absolute atomic E-state index is 12.2. The molecule has 1 aromatic rings. The van der Waals surface area contributed by atoms with Crippen LogP contribution in [-0.4, -0.2) is 44.6 Å². The van der Waals surface area contributed by atoms with E-state index in [0.717, 1.165) is 37.3 Å². The van der Waals surface area contributed by atoms with Gasteiger partial charge in [-0.05, 0) is 18.9 Å². The second kappa shape index (κ2) is 10.6. The number of amides is 1. The number of hydrogen-bond acceptors (Lipinski definition) is 6. The summed E-state index contributed by atoms with van der Waals surface area (Å²) in [5, 5.41) is 17.1. The first-order valence-corrected chi connectivity index (χ1v) is 10.7. The van der Waals surface area contributed by atoms with Crippen LogP contribution < -0.4 is 10.6 Å². The van der Waals surface area contributed by atoms with Gasteiger partial charge in [-0.3, -0.25) is 14.9 Å². The SMILES string of the molecule is CS(=O)(=O)c1cc(C(=O)NCCNC2CCCCCC2)cc([N+](=O)[O-])c1.Cl. The molecule has 1 fully saturated rings. The smallest absolute Gasteiger partial charge is 0.271 e. The molecule has 152 valence electrons. The Bertz CT molecular complexity index is 762. The van der Waals surface area contributed by atoms with E-state index in [-0.39, 0.29) is 22.9 Å². The van der Waals surface area contributed by atoms with Crippen molar-refractivity contribution in [2.24, 2.45) is 0 Å². The summed E-state index contributed by atoms with van der Waals surface area (Å²) in [7, 11) is -3.65. The van der Waals surface area contributed by atoms with Gasteiger partial charge in [0.1, 0.15) is 0 Å². The molecule has 0 atom stereocenters. The van der Waals surface area contributed by atoms with E-state index in [1.807, 2.05) is 0 Å². The lowest BCUT2D eigenvalue weighted by atomic mass is 10.1. The summed E-state index contributed by atoms with van der Waals surface area (Å²) in [6.07, 6.45) is 8.18. The van der Waals surface area contributed by atoms with Crippen LogP contribution in [0.2, 0.25) is 0 Å². The van der Waals surface area contributed by atoms with Crippen LogP contribution in [0.25, 0.3) is 0 Å². The first kappa shape index (κ1) is 23.3. The molecule has 0 spiro atoms. The summed E-state index contributed by atoms with van der Waals surface area (Å²) in [5.41, 5.74) is -0.455. The zero-order valence-electron chi connectivity index (χ0n) is 15.3. The molecule has 0 bridgehead atoms. The maximum atomic E-state index is 12.2. The molecule has 10 heteroatoms. The molecular weight excluding hydrogens is 394 g/mol. The number of nitrogens with one attached hydrogen (secondary N) is 2. The van der Waals surface area contributed by atoms with E-state index >= 15 is 0 Å². The third-order valence-electron chi connectivity index (χ3n) is 4.49. The minimum Gasteiger partial charge on any atom is -0.351 e. The topological polar surface area (TPSA) is 118 Å². The summed E-state index contributed by atoms with van der Waals surface area (Å²) >= 11 is 0. The number of halogens is 1. The lowest BCUT2D eigenvalue weighted by Gasteiger charge is -2.16. The Morgan fingerprint density at radius 2 is 1.78 bits per heavy atom. The van der Waals surface area contributed by atoms with Gasteiger partial charge in [0.2, 0.25) is 0 Å². The third kappa shape index (κ3) is 7.43. The molecule has 27 heavy (non-hydrogen) atoms. The van der Waals surface area contributed by atoms with Gasteiger partial charge in [-0.25, -0.2) is 8.42 Å². The van der Waals surface area contributed by atoms with Crippen molar-refractivity contribution in [1.82, 2.24) is 10.6 Å². The van der Waals surface area contributed by atoms with Gasteiger partial charge < -0.3 is 10.6 Å². The average molecular weight is 420 g/mol. The van der Waals surface area contributed by atoms with Crippen LogP contribution in [-0.2, 0) is 9.84 Å². The normalized spacial score (nSPS) is 15.4. The third-order valence-corrected chi connectivity index (χ3v) is 5.58. The standard InChI is InChI=1S/C17H25N3O5S.ClH/c1-26(24,25)16-11-13(10-15(12-16)20(22)23)17(21)19-9-8-18-14-6-4-2-3-5-7-14;/h10-12,14,18H,2-9H2,1H3,(H,19,21);1H. The summed E-state index contributed by atoms with van der Waals surface area (Å²) in [6, 6.07) is 3.67. The van der Waals surface area contributed by atoms with Crippen LogP contribution in [0.4, 0.5) is 5.69 Å². The zero-order valence-corrected chi connectivity index (χ0v) is 16.9. The van der Waals surface area contributed by atoms with Crippen LogP contribution in [0.1, 0.15) is 48.9 Å². The van der Waals surface area contributed by atoms with Crippen LogP contribution in [0.5, 0.6) is 0 Å². The van der Waals surface area contributed by atoms with E-state index in [0.29, 0.717) is 19.1 Å². The molecule has 1 saturated carbocycles. The average Bonchev–Trinajstić information content (AvgIpc) is 2.86. The molecule has 1 aromatic carbocycles. The van der Waals surface area contributed by atoms with Gasteiger partial charge in [0.15, 0.2) is 9.84 Å². The molecule has 0 aliphatic heterocycles. The van der Waals surface area contributed by atoms with Crippen molar-refractivity contribution < 1.29 is 18.1 Å². The summed E-state index contributed by atoms with van der Waals surface area (Å²) in [6.45, 7) is 0.969. The van der Waals surface area contributed by atoms with Crippen molar-refractivity contribution in [1.29, 1.82) is 0 Å². The van der Waals surface area contributed by atoms with Gasteiger partial charge in [-0.1, -0.05) is 25.7 Å². The van der Waals surface area contributed by atoms with Gasteiger partial charge in [-0.15, -0.1) is 12.4 Å². The molecule has 1 aliphatic rings. The second-order valence-corrected chi connectivity index (χ2v) is 8.66. The summed E-state index contributed by atoms with van der Waals surface area (Å²) < 4.78 is 23.4. The minimum atomic E-state index is -3.65. The minimum absolute atomic E-state index is 0. The van der Waals surface area contributed by atoms with Crippen molar-refractivity contribution in [3.8, 4) is 0 Å². The molecule has 2 rings (SSSR count). The number of nitro benzene ring substituents is 1. The van der Waals surface area contributed by atoms with Crippen molar-refractivity contribution in [3.63, 3.8) is 0 Å². The van der Waals surface area contributed by atoms with E-state index in [1.54, 1.807) is 0 Å². The molecule has 8 nitrogen and oxygen atoms in total. The molecule has 0 unspecified atom stereocenters. The van der Waals surface area contributed by atoms with E-state index < -0.39 is 26.4 Å². The number of rotatable bonds is 7. The predicted octanol–water partition coefficient (Wildman–Crippen LogP) is 2.46. The fourth-order valence-corrected chi connectivity index (χ4v) is 3.75. The lowest BCUT2D eigenvalue weighted by molar-refractivity contribution is -0.385. The van der Waals surface area contributed by atoms with E-state index in [9.17, 15) is 23.3 Å². The predicted molar refractivity (Wildman–Crippen MR) is 105 cm³/mol. The number of nitrogens with zero attached hydrogens (tertiary/aromatic N) is 1. The number of hydrogen-bond donors (Lipinski definition) is 2. The van der Waals surface area contributed by atoms with Crippen LogP contribution >= 0.6 is 12.4 Å². The number of carbonyl (C=O) groups excluding carboxylic acids is 1. The highest BCUT2D eigenvalue weighted by Gasteiger charge is 2.19. The Morgan fingerprint density at radius 1 is 1.15 bits per heavy atom. The largest absolute Gasteiger partial charge is 0.351 e. The van der Waals surface area contributed by atoms with Crippen LogP contribution in [0.15, 0.2) is 23.1 Å². The first-order valence-electron chi connectivity index (χ1n) is 8.78. The highest BCUT2D eigenvalue weighted by atomic mass is 35.5. The molecule has 0 aromatic heterocycles. The Balaban J connectivity index is 0.00000364. The number of non-ortho nitro benzene ring substituents is 1. The van der Waals surface area contributed by atoms with Crippen LogP contribution in [0.3, 0.4) is 0 Å². The number of carbonyl (C=O) groups is 1. The quantitative estimate of drug-likeness (QED) is 0.303. The fourth-order valence-electron chi connectivity index (χ4n) is 3.07. The van der Waals surface area contributed by atoms with E-state index in [4.69, 9.17) is 0 Å². The molecule has 2 N–H and O–H groups in total. The Hall–Kier alpha value is -1.71. The molecule has 1 amide bonds. The lowest BCUT2D eigenvalue weighted by Crippen LogP contribution is -2.36. The number of nitro groups is 1. The highest BCUT2D eigenvalue weighted by molar-refractivity contribution is 7.90. The molecule has 0 radical (unpaired) electrons. The van der Waals surface area contributed by atoms with E-state index in [1.165, 1.54) is 25.7 Å². The number of sulfone groups is 1. The number of benzene rings is 1. The highest BCUT2D eigenvalue weighted by Crippen LogP contribution is 2.21. The molecule has 0 saturated heterocycles. The fraction of sp³-hybridized carbons (Fsp3) is 0.588. The van der Waals surface area contributed by atoms with Crippen molar-refractivity contribution in [3.05, 3.63) is 33.9 Å². The van der Waals surface area contributed by atoms with Gasteiger partial charge >= 0.3 is 0 Å². The van der Waals surface area contributed by atoms with E-state index in [2.05, 4.69) is 10.6 Å². The van der Waals surface area contributed by atoms with Gasteiger partial charge in [-0.2, -0.15) is 0 Å². The van der Waals surface area contributed by atoms with Crippen molar-refractivity contribution in [2.75, 3.05) is 19.3 Å². The Morgan fingerprint density at radius 3 is 2.33 bits per heavy atom. The molecular formula is C17H26ClN3O5S. The van der Waals surface area contributed by atoms with Crippen molar-refractivity contribution in [2.45, 2.75) is 49.5 Å². The summed E-state index contributed by atoms with van der Waals surface area (Å²) in [5.74, 6) is -0.527. The van der Waals surface area contributed by atoms with Gasteiger partial charge in [0.25, 0.3) is 11.6 Å². The van der Waals surface area contributed by atoms with Gasteiger partial charge in [0, 0.05) is 43.1 Å².